The normalized spacial score (nSPS) is 11.8. The van der Waals surface area contributed by atoms with Crippen molar-refractivity contribution in [2.75, 3.05) is 6.61 Å². The number of nitrogens with zero attached hydrogens (tertiary/aromatic N) is 2. The van der Waals surface area contributed by atoms with Crippen LogP contribution in [0.5, 0.6) is 5.75 Å². The highest BCUT2D eigenvalue weighted by atomic mass is 16.5. The average molecular weight is 570 g/mol. The highest BCUT2D eigenvalue weighted by Crippen LogP contribution is 2.25. The van der Waals surface area contributed by atoms with E-state index in [0.29, 0.717) is 35.4 Å². The first-order valence-electron chi connectivity index (χ1n) is 14.6. The van der Waals surface area contributed by atoms with E-state index >= 15 is 0 Å². The summed E-state index contributed by atoms with van der Waals surface area (Å²) in [4.78, 5) is 29.1. The van der Waals surface area contributed by atoms with Crippen molar-refractivity contribution in [2.45, 2.75) is 71.3 Å². The number of hydrogen-bond donors (Lipinski definition) is 2. The minimum atomic E-state index is -1.10. The molecule has 0 radical (unpaired) electrons. The molecule has 0 saturated carbocycles. The molecule has 3 aromatic carbocycles. The van der Waals surface area contributed by atoms with Gasteiger partial charge in [-0.2, -0.15) is 4.98 Å². The van der Waals surface area contributed by atoms with Crippen molar-refractivity contribution in [3.8, 4) is 28.6 Å². The van der Waals surface area contributed by atoms with Crippen LogP contribution < -0.4 is 10.1 Å². The number of hydrogen-bond acceptors (Lipinski definition) is 6. The number of aliphatic carboxylic acids is 1. The highest BCUT2D eigenvalue weighted by Gasteiger charge is 2.21. The molecule has 0 aliphatic heterocycles. The van der Waals surface area contributed by atoms with Gasteiger partial charge in [0.15, 0.2) is 0 Å². The summed E-state index contributed by atoms with van der Waals surface area (Å²) in [5.74, 6) is 0.461. The van der Waals surface area contributed by atoms with Crippen LogP contribution >= 0.6 is 0 Å². The quantitative estimate of drug-likeness (QED) is 0.144. The van der Waals surface area contributed by atoms with E-state index in [9.17, 15) is 14.7 Å². The summed E-state index contributed by atoms with van der Waals surface area (Å²) >= 11 is 0. The molecule has 1 heterocycles. The monoisotopic (exact) mass is 569 g/mol. The summed E-state index contributed by atoms with van der Waals surface area (Å²) < 4.78 is 11.3. The summed E-state index contributed by atoms with van der Waals surface area (Å²) in [6, 6.07) is 21.0. The Bertz CT molecular complexity index is 1430. The number of unbranched alkanes of at least 4 members (excludes halogenated alkanes) is 4. The first-order valence-corrected chi connectivity index (χ1v) is 14.6. The third-order valence-electron chi connectivity index (χ3n) is 7.14. The van der Waals surface area contributed by atoms with Gasteiger partial charge in [0.2, 0.25) is 5.82 Å². The van der Waals surface area contributed by atoms with Crippen LogP contribution in [0.2, 0.25) is 0 Å². The van der Waals surface area contributed by atoms with Crippen LogP contribution in [0.3, 0.4) is 0 Å². The van der Waals surface area contributed by atoms with Gasteiger partial charge in [0, 0.05) is 23.1 Å². The standard InChI is InChI=1S/C34H39N3O5/c1-4-5-6-7-8-21-41-29-19-17-26(18-20-29)31-36-33(42-37-31)28-11-9-24(10-12-28)22-30(34(39)40)35-32(38)27-15-13-25(14-16-27)23(2)3/h9-20,23,30H,4-8,21-22H2,1-3H3,(H,35,38)(H,39,40). The summed E-state index contributed by atoms with van der Waals surface area (Å²) in [6.45, 7) is 7.06. The van der Waals surface area contributed by atoms with Gasteiger partial charge in [0.05, 0.1) is 6.61 Å². The molecule has 220 valence electrons. The fourth-order valence-corrected chi connectivity index (χ4v) is 4.53. The number of benzene rings is 3. The van der Waals surface area contributed by atoms with Crippen LogP contribution in [-0.4, -0.2) is 39.8 Å². The molecule has 2 N–H and O–H groups in total. The molecule has 0 fully saturated rings. The van der Waals surface area contributed by atoms with Crippen molar-refractivity contribution < 1.29 is 24.0 Å². The van der Waals surface area contributed by atoms with Crippen molar-refractivity contribution in [1.82, 2.24) is 15.5 Å². The van der Waals surface area contributed by atoms with E-state index in [0.717, 1.165) is 28.9 Å². The lowest BCUT2D eigenvalue weighted by molar-refractivity contribution is -0.139. The predicted molar refractivity (Wildman–Crippen MR) is 163 cm³/mol. The molecule has 1 amide bonds. The van der Waals surface area contributed by atoms with Crippen LogP contribution in [0.25, 0.3) is 22.8 Å². The lowest BCUT2D eigenvalue weighted by atomic mass is 10.0. The summed E-state index contributed by atoms with van der Waals surface area (Å²) in [5.41, 5.74) is 3.81. The van der Waals surface area contributed by atoms with Crippen molar-refractivity contribution in [1.29, 1.82) is 0 Å². The van der Waals surface area contributed by atoms with Gasteiger partial charge in [-0.3, -0.25) is 4.79 Å². The van der Waals surface area contributed by atoms with E-state index in [1.807, 2.05) is 36.4 Å². The Morgan fingerprint density at radius 1 is 0.881 bits per heavy atom. The largest absolute Gasteiger partial charge is 0.494 e. The number of carboxylic acids is 1. The minimum absolute atomic E-state index is 0.133. The molecule has 8 heteroatoms. The summed E-state index contributed by atoms with van der Waals surface area (Å²) in [6.07, 6.45) is 6.11. The van der Waals surface area contributed by atoms with E-state index < -0.39 is 17.9 Å². The summed E-state index contributed by atoms with van der Waals surface area (Å²) in [5, 5.41) is 16.5. The van der Waals surface area contributed by atoms with Gasteiger partial charge in [-0.1, -0.05) is 75.9 Å². The smallest absolute Gasteiger partial charge is 0.326 e. The molecule has 4 rings (SSSR count). The van der Waals surface area contributed by atoms with Crippen molar-refractivity contribution in [2.24, 2.45) is 0 Å². The van der Waals surface area contributed by atoms with Gasteiger partial charge in [0.25, 0.3) is 11.8 Å². The molecule has 1 unspecified atom stereocenters. The Balaban J connectivity index is 1.33. The second-order valence-electron chi connectivity index (χ2n) is 10.8. The molecule has 4 aromatic rings. The SMILES string of the molecule is CCCCCCCOc1ccc(-c2noc(-c3ccc(CC(NC(=O)c4ccc(C(C)C)cc4)C(=O)O)cc3)n2)cc1. The Morgan fingerprint density at radius 3 is 2.19 bits per heavy atom. The predicted octanol–water partition coefficient (Wildman–Crippen LogP) is 7.30. The molecule has 0 aliphatic rings. The maximum Gasteiger partial charge on any atom is 0.326 e. The molecule has 42 heavy (non-hydrogen) atoms. The molecule has 0 aliphatic carbocycles. The van der Waals surface area contributed by atoms with E-state index in [1.54, 1.807) is 36.4 Å². The molecular weight excluding hydrogens is 530 g/mol. The number of amides is 1. The van der Waals surface area contributed by atoms with Crippen LogP contribution in [0, 0.1) is 0 Å². The number of nitrogens with one attached hydrogen (secondary N) is 1. The Morgan fingerprint density at radius 2 is 1.55 bits per heavy atom. The zero-order valence-corrected chi connectivity index (χ0v) is 24.5. The third kappa shape index (κ3) is 8.52. The topological polar surface area (TPSA) is 115 Å². The molecule has 0 saturated heterocycles. The number of rotatable bonds is 15. The van der Waals surface area contributed by atoms with E-state index in [1.165, 1.54) is 25.7 Å². The van der Waals surface area contributed by atoms with Crippen LogP contribution in [0.15, 0.2) is 77.3 Å². The van der Waals surface area contributed by atoms with E-state index in [4.69, 9.17) is 9.26 Å². The molecule has 1 aromatic heterocycles. The molecule has 8 nitrogen and oxygen atoms in total. The van der Waals surface area contributed by atoms with E-state index in [2.05, 4.69) is 36.2 Å². The lowest BCUT2D eigenvalue weighted by Crippen LogP contribution is -2.42. The molecule has 1 atom stereocenters. The first-order chi connectivity index (χ1) is 20.3. The van der Waals surface area contributed by atoms with Gasteiger partial charge >= 0.3 is 5.97 Å². The second kappa shape index (κ2) is 15.0. The Labute approximate surface area is 247 Å². The Kier molecular flexibility index (Phi) is 10.9. The zero-order chi connectivity index (χ0) is 29.9. The zero-order valence-electron chi connectivity index (χ0n) is 24.5. The maximum atomic E-state index is 12.7. The lowest BCUT2D eigenvalue weighted by Gasteiger charge is -2.15. The van der Waals surface area contributed by atoms with Crippen molar-refractivity contribution in [3.05, 3.63) is 89.5 Å². The van der Waals surface area contributed by atoms with E-state index in [-0.39, 0.29) is 6.42 Å². The fraction of sp³-hybridized carbons (Fsp3) is 0.353. The second-order valence-corrected chi connectivity index (χ2v) is 10.8. The van der Waals surface area contributed by atoms with Gasteiger partial charge in [-0.15, -0.1) is 0 Å². The van der Waals surface area contributed by atoms with Gasteiger partial charge in [-0.05, 0) is 72.0 Å². The van der Waals surface area contributed by atoms with Gasteiger partial charge in [0.1, 0.15) is 11.8 Å². The minimum Gasteiger partial charge on any atom is -0.494 e. The van der Waals surface area contributed by atoms with Gasteiger partial charge in [-0.25, -0.2) is 4.79 Å². The molecular formula is C34H39N3O5. The first kappa shape index (κ1) is 30.5. The van der Waals surface area contributed by atoms with Crippen molar-refractivity contribution in [3.63, 3.8) is 0 Å². The Hall–Kier alpha value is -4.46. The molecule has 0 bridgehead atoms. The summed E-state index contributed by atoms with van der Waals surface area (Å²) in [7, 11) is 0. The fourth-order valence-electron chi connectivity index (χ4n) is 4.53. The number of ether oxygens (including phenoxy) is 1. The van der Waals surface area contributed by atoms with Crippen LogP contribution in [0.4, 0.5) is 0 Å². The van der Waals surface area contributed by atoms with Crippen LogP contribution in [0.1, 0.15) is 80.3 Å². The van der Waals surface area contributed by atoms with Gasteiger partial charge < -0.3 is 19.7 Å². The number of carboxylic acid groups (broad SMARTS) is 1. The maximum absolute atomic E-state index is 12.7. The number of carbonyl (C=O) groups excluding carboxylic acids is 1. The molecule has 0 spiro atoms. The number of aromatic nitrogens is 2. The van der Waals surface area contributed by atoms with Crippen molar-refractivity contribution >= 4 is 11.9 Å². The number of carbonyl (C=O) groups is 2. The third-order valence-corrected chi connectivity index (χ3v) is 7.14. The average Bonchev–Trinajstić information content (AvgIpc) is 3.49. The highest BCUT2D eigenvalue weighted by molar-refractivity contribution is 5.96. The van der Waals surface area contributed by atoms with Crippen LogP contribution in [-0.2, 0) is 11.2 Å².